The van der Waals surface area contributed by atoms with Crippen LogP contribution in [0.1, 0.15) is 25.8 Å². The van der Waals surface area contributed by atoms with Crippen LogP contribution in [-0.2, 0) is 11.2 Å². The van der Waals surface area contributed by atoms with Crippen molar-refractivity contribution >= 4 is 5.91 Å². The minimum absolute atomic E-state index is 0.0843. The van der Waals surface area contributed by atoms with Gasteiger partial charge in [-0.25, -0.2) is 0 Å². The lowest BCUT2D eigenvalue weighted by atomic mass is 10.1. The number of amides is 1. The molecule has 0 heterocycles. The fourth-order valence-electron chi connectivity index (χ4n) is 1.98. The lowest BCUT2D eigenvalue weighted by molar-refractivity contribution is -0.129. The molecule has 0 aliphatic heterocycles. The van der Waals surface area contributed by atoms with E-state index in [1.807, 2.05) is 12.1 Å². The molecule has 112 valence electrons. The first-order valence-corrected chi connectivity index (χ1v) is 7.18. The highest BCUT2D eigenvalue weighted by Gasteiger charge is 2.05. The van der Waals surface area contributed by atoms with E-state index < -0.39 is 0 Å². The molecule has 4 heteroatoms. The third-order valence-corrected chi connectivity index (χ3v) is 3.10. The Kier molecular flexibility index (Phi) is 7.09. The van der Waals surface area contributed by atoms with Gasteiger partial charge < -0.3 is 15.0 Å². The average molecular weight is 278 g/mol. The SMILES string of the molecule is CCNC(C)Cc1ccc(OCCC(=O)N(C)C)cc1. The van der Waals surface area contributed by atoms with Crippen LogP contribution in [-0.4, -0.2) is 44.1 Å². The molecule has 1 unspecified atom stereocenters. The van der Waals surface area contributed by atoms with Crippen molar-refractivity contribution in [1.82, 2.24) is 10.2 Å². The molecule has 0 bridgehead atoms. The van der Waals surface area contributed by atoms with Crippen LogP contribution < -0.4 is 10.1 Å². The van der Waals surface area contributed by atoms with Gasteiger partial charge in [-0.05, 0) is 37.6 Å². The van der Waals surface area contributed by atoms with E-state index in [-0.39, 0.29) is 5.91 Å². The van der Waals surface area contributed by atoms with Gasteiger partial charge in [0.05, 0.1) is 13.0 Å². The number of nitrogens with zero attached hydrogens (tertiary/aromatic N) is 1. The van der Waals surface area contributed by atoms with E-state index in [4.69, 9.17) is 4.74 Å². The van der Waals surface area contributed by atoms with Gasteiger partial charge in [-0.2, -0.15) is 0 Å². The Labute approximate surface area is 122 Å². The molecule has 1 aromatic rings. The van der Waals surface area contributed by atoms with Crippen molar-refractivity contribution in [3.05, 3.63) is 29.8 Å². The van der Waals surface area contributed by atoms with Gasteiger partial charge in [-0.1, -0.05) is 19.1 Å². The molecule has 0 aromatic heterocycles. The van der Waals surface area contributed by atoms with Crippen molar-refractivity contribution in [1.29, 1.82) is 0 Å². The molecule has 0 radical (unpaired) electrons. The highest BCUT2D eigenvalue weighted by Crippen LogP contribution is 2.13. The highest BCUT2D eigenvalue weighted by molar-refractivity contribution is 5.75. The second-order valence-corrected chi connectivity index (χ2v) is 5.19. The molecule has 0 spiro atoms. The molecule has 1 N–H and O–H groups in total. The molecule has 0 saturated carbocycles. The summed E-state index contributed by atoms with van der Waals surface area (Å²) in [5, 5.41) is 3.39. The number of benzene rings is 1. The van der Waals surface area contributed by atoms with Crippen molar-refractivity contribution < 1.29 is 9.53 Å². The number of hydrogen-bond donors (Lipinski definition) is 1. The number of carbonyl (C=O) groups excluding carboxylic acids is 1. The van der Waals surface area contributed by atoms with Crippen molar-refractivity contribution in [2.24, 2.45) is 0 Å². The van der Waals surface area contributed by atoms with Crippen LogP contribution in [0.5, 0.6) is 5.75 Å². The molecule has 0 aliphatic carbocycles. The second-order valence-electron chi connectivity index (χ2n) is 5.19. The summed E-state index contributed by atoms with van der Waals surface area (Å²) in [6.07, 6.45) is 1.42. The lowest BCUT2D eigenvalue weighted by Crippen LogP contribution is -2.27. The Hall–Kier alpha value is -1.55. The number of likely N-dealkylation sites (N-methyl/N-ethyl adjacent to an activating group) is 1. The van der Waals surface area contributed by atoms with Gasteiger partial charge in [0.1, 0.15) is 5.75 Å². The third-order valence-electron chi connectivity index (χ3n) is 3.10. The maximum Gasteiger partial charge on any atom is 0.225 e. The fraction of sp³-hybridized carbons (Fsp3) is 0.562. The van der Waals surface area contributed by atoms with Gasteiger partial charge >= 0.3 is 0 Å². The zero-order chi connectivity index (χ0) is 15.0. The van der Waals surface area contributed by atoms with Gasteiger partial charge in [0.15, 0.2) is 0 Å². The maximum atomic E-state index is 11.4. The molecule has 0 saturated heterocycles. The van der Waals surface area contributed by atoms with Gasteiger partial charge in [-0.3, -0.25) is 4.79 Å². The van der Waals surface area contributed by atoms with Gasteiger partial charge in [0.2, 0.25) is 5.91 Å². The normalized spacial score (nSPS) is 12.0. The molecular weight excluding hydrogens is 252 g/mol. The number of hydrogen-bond acceptors (Lipinski definition) is 3. The molecule has 4 nitrogen and oxygen atoms in total. The number of carbonyl (C=O) groups is 1. The summed E-state index contributed by atoms with van der Waals surface area (Å²) in [5.74, 6) is 0.900. The molecule has 1 amide bonds. The van der Waals surface area contributed by atoms with Gasteiger partial charge in [-0.15, -0.1) is 0 Å². The Balaban J connectivity index is 2.37. The summed E-state index contributed by atoms with van der Waals surface area (Å²) in [7, 11) is 3.51. The summed E-state index contributed by atoms with van der Waals surface area (Å²) in [6.45, 7) is 5.70. The number of rotatable bonds is 8. The molecule has 1 aromatic carbocycles. The first kappa shape index (κ1) is 16.5. The van der Waals surface area contributed by atoms with Crippen molar-refractivity contribution in [2.45, 2.75) is 32.7 Å². The van der Waals surface area contributed by atoms with E-state index in [0.717, 1.165) is 18.7 Å². The zero-order valence-corrected chi connectivity index (χ0v) is 13.0. The topological polar surface area (TPSA) is 41.6 Å². The van der Waals surface area contributed by atoms with E-state index >= 15 is 0 Å². The van der Waals surface area contributed by atoms with Crippen molar-refractivity contribution in [2.75, 3.05) is 27.2 Å². The average Bonchev–Trinajstić information content (AvgIpc) is 2.40. The largest absolute Gasteiger partial charge is 0.493 e. The third kappa shape index (κ3) is 6.06. The second kappa shape index (κ2) is 8.59. The fourth-order valence-corrected chi connectivity index (χ4v) is 1.98. The Bertz CT molecular complexity index is 401. The lowest BCUT2D eigenvalue weighted by Gasteiger charge is -2.13. The van der Waals surface area contributed by atoms with Gasteiger partial charge in [0.25, 0.3) is 0 Å². The molecule has 1 atom stereocenters. The van der Waals surface area contributed by atoms with Crippen LogP contribution >= 0.6 is 0 Å². The molecule has 1 rings (SSSR count). The van der Waals surface area contributed by atoms with E-state index in [9.17, 15) is 4.79 Å². The molecular formula is C16H26N2O2. The minimum atomic E-state index is 0.0843. The van der Waals surface area contributed by atoms with Crippen LogP contribution in [0.2, 0.25) is 0 Å². The van der Waals surface area contributed by atoms with Crippen molar-refractivity contribution in [3.63, 3.8) is 0 Å². The maximum absolute atomic E-state index is 11.4. The molecule has 20 heavy (non-hydrogen) atoms. The highest BCUT2D eigenvalue weighted by atomic mass is 16.5. The quantitative estimate of drug-likeness (QED) is 0.791. The van der Waals surface area contributed by atoms with E-state index in [1.165, 1.54) is 5.56 Å². The first-order valence-electron chi connectivity index (χ1n) is 7.18. The van der Waals surface area contributed by atoms with Crippen LogP contribution in [0.4, 0.5) is 0 Å². The summed E-state index contributed by atoms with van der Waals surface area (Å²) in [6, 6.07) is 8.57. The predicted octanol–water partition coefficient (Wildman–Crippen LogP) is 2.08. The van der Waals surface area contributed by atoms with Crippen LogP contribution in [0.3, 0.4) is 0 Å². The predicted molar refractivity (Wildman–Crippen MR) is 82.1 cm³/mol. The van der Waals surface area contributed by atoms with Crippen LogP contribution in [0.15, 0.2) is 24.3 Å². The van der Waals surface area contributed by atoms with Gasteiger partial charge in [0, 0.05) is 20.1 Å². The van der Waals surface area contributed by atoms with Crippen LogP contribution in [0, 0.1) is 0 Å². The summed E-state index contributed by atoms with van der Waals surface area (Å²) in [5.41, 5.74) is 1.29. The molecule has 0 aliphatic rings. The van der Waals surface area contributed by atoms with E-state index in [2.05, 4.69) is 31.3 Å². The number of ether oxygens (including phenoxy) is 1. The van der Waals surface area contributed by atoms with E-state index in [0.29, 0.717) is 19.1 Å². The Morgan fingerprint density at radius 3 is 2.50 bits per heavy atom. The summed E-state index contributed by atoms with van der Waals surface area (Å²) >= 11 is 0. The Morgan fingerprint density at radius 2 is 1.95 bits per heavy atom. The summed E-state index contributed by atoms with van der Waals surface area (Å²) < 4.78 is 5.57. The van der Waals surface area contributed by atoms with E-state index in [1.54, 1.807) is 19.0 Å². The standard InChI is InChI=1S/C16H26N2O2/c1-5-17-13(2)12-14-6-8-15(9-7-14)20-11-10-16(19)18(3)4/h6-9,13,17H,5,10-12H2,1-4H3. The monoisotopic (exact) mass is 278 g/mol. The van der Waals surface area contributed by atoms with Crippen molar-refractivity contribution in [3.8, 4) is 5.75 Å². The summed E-state index contributed by atoms with van der Waals surface area (Å²) in [4.78, 5) is 13.0. The number of nitrogens with one attached hydrogen (secondary N) is 1. The Morgan fingerprint density at radius 1 is 1.30 bits per heavy atom. The smallest absolute Gasteiger partial charge is 0.225 e. The minimum Gasteiger partial charge on any atom is -0.493 e. The van der Waals surface area contributed by atoms with Crippen LogP contribution in [0.25, 0.3) is 0 Å². The molecule has 0 fully saturated rings. The zero-order valence-electron chi connectivity index (χ0n) is 13.0. The first-order chi connectivity index (χ1) is 9.52.